The molecule has 0 atom stereocenters. The molecule has 1 rings (SSSR count). The maximum Gasteiger partial charge on any atom is 0.308 e. The van der Waals surface area contributed by atoms with Gasteiger partial charge in [-0.2, -0.15) is 0 Å². The van der Waals surface area contributed by atoms with E-state index in [2.05, 4.69) is 63.5 Å². The van der Waals surface area contributed by atoms with E-state index in [1.54, 1.807) is 0 Å². The van der Waals surface area contributed by atoms with Crippen LogP contribution in [0, 0.1) is 0 Å². The molecule has 0 aliphatic rings. The molecule has 0 aliphatic carbocycles. The van der Waals surface area contributed by atoms with Crippen LogP contribution in [0.4, 0.5) is 0 Å². The van der Waals surface area contributed by atoms with Gasteiger partial charge in [0.15, 0.2) is 0 Å². The summed E-state index contributed by atoms with van der Waals surface area (Å²) in [6.07, 6.45) is 0. The Balaban J connectivity index is 3.52. The topological polar surface area (TPSA) is 26.3 Å². The second-order valence-electron chi connectivity index (χ2n) is 6.93. The second kappa shape index (κ2) is 5.28. The number of hydrogen-bond acceptors (Lipinski definition) is 2. The number of esters is 1. The molecule has 0 saturated carbocycles. The van der Waals surface area contributed by atoms with E-state index in [1.807, 2.05) is 6.07 Å². The highest BCUT2D eigenvalue weighted by Crippen LogP contribution is 2.40. The summed E-state index contributed by atoms with van der Waals surface area (Å²) in [4.78, 5) is 11.3. The Morgan fingerprint density at radius 2 is 1.58 bits per heavy atom. The Morgan fingerprint density at radius 3 is 1.95 bits per heavy atom. The Morgan fingerprint density at radius 1 is 1.05 bits per heavy atom. The normalized spacial score (nSPS) is 12.4. The number of halogens is 1. The van der Waals surface area contributed by atoms with Crippen molar-refractivity contribution in [3.05, 3.63) is 27.7 Å². The summed E-state index contributed by atoms with van der Waals surface area (Å²) in [5.41, 5.74) is 2.23. The Bertz CT molecular complexity index is 491. The minimum Gasteiger partial charge on any atom is -0.425 e. The molecule has 2 nitrogen and oxygen atoms in total. The van der Waals surface area contributed by atoms with Gasteiger partial charge in [0.2, 0.25) is 0 Å². The molecule has 1 aromatic rings. The van der Waals surface area contributed by atoms with E-state index in [-0.39, 0.29) is 16.8 Å². The van der Waals surface area contributed by atoms with Crippen molar-refractivity contribution in [2.75, 3.05) is 0 Å². The molecule has 0 aromatic heterocycles. The van der Waals surface area contributed by atoms with Gasteiger partial charge in [-0.1, -0.05) is 47.6 Å². The molecule has 0 spiro atoms. The van der Waals surface area contributed by atoms with Crippen LogP contribution in [0.1, 0.15) is 59.6 Å². The fourth-order valence-electron chi connectivity index (χ4n) is 1.83. The molecule has 0 amide bonds. The first-order chi connectivity index (χ1) is 8.43. The van der Waals surface area contributed by atoms with Crippen molar-refractivity contribution in [3.63, 3.8) is 0 Å². The van der Waals surface area contributed by atoms with Crippen molar-refractivity contribution >= 4 is 21.9 Å². The highest BCUT2D eigenvalue weighted by Gasteiger charge is 2.26. The summed E-state index contributed by atoms with van der Waals surface area (Å²) in [6.45, 7) is 14.3. The fourth-order valence-corrected chi connectivity index (χ4v) is 2.37. The number of hydrogen-bond donors (Lipinski definition) is 0. The molecule has 0 N–H and O–H groups in total. The van der Waals surface area contributed by atoms with Crippen molar-refractivity contribution in [2.24, 2.45) is 0 Å². The summed E-state index contributed by atoms with van der Waals surface area (Å²) in [5.74, 6) is 0.336. The highest BCUT2D eigenvalue weighted by atomic mass is 79.9. The standard InChI is InChI=1S/C16H23BrO2/c1-10(18)19-14-12(16(5,6)7)8-11(9-13(14)17)15(2,3)4/h8-9H,1-7H3. The number of carbonyl (C=O) groups excluding carboxylic acids is 1. The second-order valence-corrected chi connectivity index (χ2v) is 7.78. The predicted molar refractivity (Wildman–Crippen MR) is 82.9 cm³/mol. The van der Waals surface area contributed by atoms with Crippen molar-refractivity contribution < 1.29 is 9.53 Å². The summed E-state index contributed by atoms with van der Waals surface area (Å²) >= 11 is 3.53. The molecule has 0 radical (unpaired) electrons. The maximum absolute atomic E-state index is 11.3. The van der Waals surface area contributed by atoms with Gasteiger partial charge in [-0.15, -0.1) is 0 Å². The third-order valence-corrected chi connectivity index (χ3v) is 3.55. The molecule has 3 heteroatoms. The van der Waals surface area contributed by atoms with Crippen molar-refractivity contribution in [1.82, 2.24) is 0 Å². The van der Waals surface area contributed by atoms with Crippen molar-refractivity contribution in [3.8, 4) is 5.75 Å². The van der Waals surface area contributed by atoms with Crippen LogP contribution in [0.25, 0.3) is 0 Å². The first kappa shape index (κ1) is 16.2. The van der Waals surface area contributed by atoms with Crippen LogP contribution in [0.3, 0.4) is 0 Å². The van der Waals surface area contributed by atoms with Crippen LogP contribution in [0.2, 0.25) is 0 Å². The molecule has 0 unspecified atom stereocenters. The van der Waals surface area contributed by atoms with Gasteiger partial charge < -0.3 is 4.74 Å². The van der Waals surface area contributed by atoms with E-state index in [1.165, 1.54) is 12.5 Å². The van der Waals surface area contributed by atoms with E-state index >= 15 is 0 Å². The molecular weight excluding hydrogens is 304 g/mol. The Labute approximate surface area is 124 Å². The molecule has 19 heavy (non-hydrogen) atoms. The zero-order chi connectivity index (χ0) is 15.0. The van der Waals surface area contributed by atoms with Crippen LogP contribution >= 0.6 is 15.9 Å². The summed E-state index contributed by atoms with van der Waals surface area (Å²) in [6, 6.07) is 4.18. The molecular formula is C16H23BrO2. The fraction of sp³-hybridized carbons (Fsp3) is 0.562. The van der Waals surface area contributed by atoms with E-state index in [4.69, 9.17) is 4.74 Å². The van der Waals surface area contributed by atoms with Crippen molar-refractivity contribution in [1.29, 1.82) is 0 Å². The first-order valence-corrected chi connectivity index (χ1v) is 7.25. The van der Waals surface area contributed by atoms with Gasteiger partial charge in [0.1, 0.15) is 5.75 Å². The van der Waals surface area contributed by atoms with Gasteiger partial charge in [-0.05, 0) is 38.4 Å². The van der Waals surface area contributed by atoms with Crippen molar-refractivity contribution in [2.45, 2.75) is 59.3 Å². The van der Waals surface area contributed by atoms with E-state index in [0.717, 1.165) is 10.0 Å². The van der Waals surface area contributed by atoms with E-state index < -0.39 is 0 Å². The minimum atomic E-state index is -0.297. The lowest BCUT2D eigenvalue weighted by molar-refractivity contribution is -0.132. The summed E-state index contributed by atoms with van der Waals surface area (Å²) in [7, 11) is 0. The average Bonchev–Trinajstić information content (AvgIpc) is 2.16. The molecule has 0 aliphatic heterocycles. The number of ether oxygens (including phenoxy) is 1. The quantitative estimate of drug-likeness (QED) is 0.538. The summed E-state index contributed by atoms with van der Waals surface area (Å²) < 4.78 is 6.22. The average molecular weight is 327 g/mol. The first-order valence-electron chi connectivity index (χ1n) is 6.46. The Hall–Kier alpha value is -0.830. The maximum atomic E-state index is 11.3. The monoisotopic (exact) mass is 326 g/mol. The van der Waals surface area contributed by atoms with Gasteiger partial charge in [-0.25, -0.2) is 0 Å². The zero-order valence-corrected chi connectivity index (χ0v) is 14.4. The molecule has 106 valence electrons. The molecule has 1 aromatic carbocycles. The number of carbonyl (C=O) groups is 1. The Kier molecular flexibility index (Phi) is 4.51. The zero-order valence-electron chi connectivity index (χ0n) is 12.8. The lowest BCUT2D eigenvalue weighted by atomic mass is 9.80. The molecule has 0 bridgehead atoms. The predicted octanol–water partition coefficient (Wildman–Crippen LogP) is 4.97. The van der Waals surface area contributed by atoms with E-state index in [0.29, 0.717) is 5.75 Å². The van der Waals surface area contributed by atoms with Gasteiger partial charge in [0.05, 0.1) is 4.47 Å². The third kappa shape index (κ3) is 4.07. The molecule has 0 fully saturated rings. The largest absolute Gasteiger partial charge is 0.425 e. The third-order valence-electron chi connectivity index (χ3n) is 2.96. The molecule has 0 heterocycles. The van der Waals surface area contributed by atoms with Crippen LogP contribution in [-0.2, 0) is 15.6 Å². The van der Waals surface area contributed by atoms with Gasteiger partial charge in [0, 0.05) is 12.5 Å². The molecule has 0 saturated heterocycles. The lowest BCUT2D eigenvalue weighted by Gasteiger charge is -2.27. The van der Waals surface area contributed by atoms with Crippen LogP contribution in [-0.4, -0.2) is 5.97 Å². The number of rotatable bonds is 1. The van der Waals surface area contributed by atoms with Gasteiger partial charge >= 0.3 is 5.97 Å². The SMILES string of the molecule is CC(=O)Oc1c(Br)cc(C(C)(C)C)cc1C(C)(C)C. The lowest BCUT2D eigenvalue weighted by Crippen LogP contribution is -2.19. The van der Waals surface area contributed by atoms with Gasteiger partial charge in [-0.3, -0.25) is 4.79 Å². The summed E-state index contributed by atoms with van der Waals surface area (Å²) in [5, 5.41) is 0. The smallest absolute Gasteiger partial charge is 0.308 e. The van der Waals surface area contributed by atoms with Crippen LogP contribution in [0.5, 0.6) is 5.75 Å². The van der Waals surface area contributed by atoms with Crippen LogP contribution < -0.4 is 4.74 Å². The highest BCUT2D eigenvalue weighted by molar-refractivity contribution is 9.10. The minimum absolute atomic E-state index is 0.0529. The van der Waals surface area contributed by atoms with E-state index in [9.17, 15) is 4.79 Å². The van der Waals surface area contributed by atoms with Crippen LogP contribution in [0.15, 0.2) is 16.6 Å². The number of benzene rings is 1. The van der Waals surface area contributed by atoms with Gasteiger partial charge in [0.25, 0.3) is 0 Å².